The Morgan fingerprint density at radius 1 is 1.24 bits per heavy atom. The third kappa shape index (κ3) is 5.53. The molecular formula is C17H28. The van der Waals surface area contributed by atoms with Gasteiger partial charge in [0.1, 0.15) is 0 Å². The van der Waals surface area contributed by atoms with Crippen molar-refractivity contribution in [1.29, 1.82) is 0 Å². The van der Waals surface area contributed by atoms with Gasteiger partial charge in [0, 0.05) is 0 Å². The van der Waals surface area contributed by atoms with Crippen molar-refractivity contribution >= 4 is 0 Å². The topological polar surface area (TPSA) is 0 Å². The van der Waals surface area contributed by atoms with Crippen LogP contribution in [0.15, 0.2) is 59.8 Å². The van der Waals surface area contributed by atoms with Crippen LogP contribution in [0.5, 0.6) is 0 Å². The van der Waals surface area contributed by atoms with Gasteiger partial charge in [0.25, 0.3) is 0 Å². The number of allylic oxidation sites excluding steroid dienone is 8. The molecule has 0 amide bonds. The molecule has 0 N–H and O–H groups in total. The molecule has 0 spiro atoms. The van der Waals surface area contributed by atoms with E-state index in [1.807, 2.05) is 40.7 Å². The van der Waals surface area contributed by atoms with Gasteiger partial charge in [-0.2, -0.15) is 0 Å². The predicted octanol–water partition coefficient (Wildman–Crippen LogP) is 6.00. The van der Waals surface area contributed by atoms with Crippen LogP contribution >= 0.6 is 0 Å². The summed E-state index contributed by atoms with van der Waals surface area (Å²) >= 11 is 0. The van der Waals surface area contributed by atoms with Crippen LogP contribution in [0, 0.1) is 0 Å². The van der Waals surface area contributed by atoms with Crippen LogP contribution in [0.4, 0.5) is 0 Å². The quantitative estimate of drug-likeness (QED) is 0.512. The zero-order valence-corrected chi connectivity index (χ0v) is 12.4. The van der Waals surface area contributed by atoms with E-state index in [4.69, 9.17) is 0 Å². The van der Waals surface area contributed by atoms with Gasteiger partial charge in [-0.3, -0.25) is 0 Å². The number of hydrogen-bond acceptors (Lipinski definition) is 0. The molecule has 0 aromatic carbocycles. The van der Waals surface area contributed by atoms with Gasteiger partial charge in [0.2, 0.25) is 0 Å². The second kappa shape index (κ2) is 11.2. The largest absolute Gasteiger partial charge is 0.0985 e. The summed E-state index contributed by atoms with van der Waals surface area (Å²) in [6.45, 7) is 20.0. The lowest BCUT2D eigenvalue weighted by atomic mass is 9.89. The molecule has 1 rings (SSSR count). The van der Waals surface area contributed by atoms with Crippen LogP contribution in [0.1, 0.15) is 48.0 Å². The average Bonchev–Trinajstić information content (AvgIpc) is 2.39. The second-order valence-corrected chi connectivity index (χ2v) is 3.24. The minimum Gasteiger partial charge on any atom is -0.0985 e. The maximum atomic E-state index is 4.03. The van der Waals surface area contributed by atoms with E-state index in [2.05, 4.69) is 38.3 Å². The van der Waals surface area contributed by atoms with Gasteiger partial charge < -0.3 is 0 Å². The predicted molar refractivity (Wildman–Crippen MR) is 82.2 cm³/mol. The zero-order chi connectivity index (χ0) is 13.8. The Labute approximate surface area is 108 Å². The van der Waals surface area contributed by atoms with Crippen LogP contribution in [0.3, 0.4) is 0 Å². The van der Waals surface area contributed by atoms with E-state index in [1.165, 1.54) is 16.7 Å². The molecule has 0 bridgehead atoms. The Kier molecular flexibility index (Phi) is 11.9. The molecule has 0 saturated carbocycles. The minimum atomic E-state index is 1.03. The van der Waals surface area contributed by atoms with Crippen molar-refractivity contribution in [3.05, 3.63) is 59.8 Å². The number of hydrogen-bond donors (Lipinski definition) is 0. The SMILES string of the molecule is C=C/C(=C/C)C1=C(C)CC=CC1=C.CC.CC. The van der Waals surface area contributed by atoms with Crippen LogP contribution in [-0.2, 0) is 0 Å². The van der Waals surface area contributed by atoms with Crippen molar-refractivity contribution in [3.8, 4) is 0 Å². The Hall–Kier alpha value is -1.30. The van der Waals surface area contributed by atoms with Gasteiger partial charge in [0.05, 0.1) is 0 Å². The average molecular weight is 232 g/mol. The normalized spacial score (nSPS) is 14.5. The fourth-order valence-electron chi connectivity index (χ4n) is 1.63. The molecule has 0 nitrogen and oxygen atoms in total. The van der Waals surface area contributed by atoms with Gasteiger partial charge in [0.15, 0.2) is 0 Å². The molecule has 0 aliphatic heterocycles. The molecule has 0 heterocycles. The summed E-state index contributed by atoms with van der Waals surface area (Å²) in [6.07, 6.45) is 9.23. The molecule has 0 aromatic rings. The fraction of sp³-hybridized carbons (Fsp3) is 0.412. The Balaban J connectivity index is 0. The first-order chi connectivity index (χ1) is 8.20. The highest BCUT2D eigenvalue weighted by molar-refractivity contribution is 5.58. The summed E-state index contributed by atoms with van der Waals surface area (Å²) in [4.78, 5) is 0. The lowest BCUT2D eigenvalue weighted by molar-refractivity contribution is 1.13. The summed E-state index contributed by atoms with van der Waals surface area (Å²) in [5, 5.41) is 0. The third-order valence-electron chi connectivity index (χ3n) is 2.31. The highest BCUT2D eigenvalue weighted by atomic mass is 14.1. The zero-order valence-electron chi connectivity index (χ0n) is 12.4. The third-order valence-corrected chi connectivity index (χ3v) is 2.31. The summed E-state index contributed by atoms with van der Waals surface area (Å²) in [6, 6.07) is 0. The molecule has 0 saturated heterocycles. The molecule has 1 aliphatic carbocycles. The first-order valence-electron chi connectivity index (χ1n) is 6.55. The molecule has 0 atom stereocenters. The van der Waals surface area contributed by atoms with Crippen molar-refractivity contribution in [1.82, 2.24) is 0 Å². The molecule has 17 heavy (non-hydrogen) atoms. The fourth-order valence-corrected chi connectivity index (χ4v) is 1.63. The van der Waals surface area contributed by atoms with Gasteiger partial charge in [-0.05, 0) is 37.0 Å². The van der Waals surface area contributed by atoms with E-state index in [0.29, 0.717) is 0 Å². The van der Waals surface area contributed by atoms with E-state index in [1.54, 1.807) is 0 Å². The van der Waals surface area contributed by atoms with E-state index in [-0.39, 0.29) is 0 Å². The van der Waals surface area contributed by atoms with Crippen molar-refractivity contribution in [2.45, 2.75) is 48.0 Å². The molecule has 0 radical (unpaired) electrons. The first kappa shape index (κ1) is 18.1. The van der Waals surface area contributed by atoms with Crippen LogP contribution in [0.2, 0.25) is 0 Å². The van der Waals surface area contributed by atoms with Crippen LogP contribution in [-0.4, -0.2) is 0 Å². The van der Waals surface area contributed by atoms with Crippen molar-refractivity contribution in [3.63, 3.8) is 0 Å². The maximum Gasteiger partial charge on any atom is -0.0129 e. The monoisotopic (exact) mass is 232 g/mol. The lowest BCUT2D eigenvalue weighted by Gasteiger charge is -2.16. The van der Waals surface area contributed by atoms with Gasteiger partial charge in [-0.1, -0.05) is 70.7 Å². The lowest BCUT2D eigenvalue weighted by Crippen LogP contribution is -1.97. The highest BCUT2D eigenvalue weighted by Gasteiger charge is 2.10. The molecule has 96 valence electrons. The Morgan fingerprint density at radius 3 is 2.12 bits per heavy atom. The van der Waals surface area contributed by atoms with Crippen LogP contribution < -0.4 is 0 Å². The first-order valence-corrected chi connectivity index (χ1v) is 6.55. The van der Waals surface area contributed by atoms with Crippen LogP contribution in [0.25, 0.3) is 0 Å². The van der Waals surface area contributed by atoms with E-state index >= 15 is 0 Å². The molecule has 1 aliphatic rings. The summed E-state index contributed by atoms with van der Waals surface area (Å²) in [5.41, 5.74) is 4.92. The van der Waals surface area contributed by atoms with Gasteiger partial charge >= 0.3 is 0 Å². The van der Waals surface area contributed by atoms with Gasteiger partial charge in [-0.15, -0.1) is 0 Å². The van der Waals surface area contributed by atoms with Crippen molar-refractivity contribution in [2.75, 3.05) is 0 Å². The van der Waals surface area contributed by atoms with Crippen molar-refractivity contribution < 1.29 is 0 Å². The molecule has 0 heteroatoms. The minimum absolute atomic E-state index is 1.03. The van der Waals surface area contributed by atoms with E-state index < -0.39 is 0 Å². The number of rotatable bonds is 2. The second-order valence-electron chi connectivity index (χ2n) is 3.24. The maximum absolute atomic E-state index is 4.03. The highest BCUT2D eigenvalue weighted by Crippen LogP contribution is 2.29. The standard InChI is InChI=1S/C13H16.2C2H6/c1-5-12(6-2)13-10(3)8-7-9-11(13)4;2*1-2/h5-8H,1,3,9H2,2,4H3;2*1-2H3/b12-6-;;. The smallest absolute Gasteiger partial charge is 0.0129 e. The van der Waals surface area contributed by atoms with E-state index in [9.17, 15) is 0 Å². The summed E-state index contributed by atoms with van der Waals surface area (Å²) in [7, 11) is 0. The molecule has 0 fully saturated rings. The summed E-state index contributed by atoms with van der Waals surface area (Å²) < 4.78 is 0. The molecule has 0 aromatic heterocycles. The molecule has 0 unspecified atom stereocenters. The summed E-state index contributed by atoms with van der Waals surface area (Å²) in [5.74, 6) is 0. The molecular weight excluding hydrogens is 204 g/mol. The van der Waals surface area contributed by atoms with Crippen molar-refractivity contribution in [2.24, 2.45) is 0 Å². The Bertz CT molecular complexity index is 322. The Morgan fingerprint density at radius 2 is 1.76 bits per heavy atom. The van der Waals surface area contributed by atoms with E-state index in [0.717, 1.165) is 12.0 Å². The van der Waals surface area contributed by atoms with Gasteiger partial charge in [-0.25, -0.2) is 0 Å².